The lowest BCUT2D eigenvalue weighted by atomic mass is 10.1. The molecular weight excluding hydrogens is 318 g/mol. The number of anilines is 1. The van der Waals surface area contributed by atoms with Crippen LogP contribution in [0.3, 0.4) is 0 Å². The van der Waals surface area contributed by atoms with Crippen LogP contribution in [0.4, 0.5) is 5.69 Å². The van der Waals surface area contributed by atoms with E-state index in [9.17, 15) is 0 Å². The van der Waals surface area contributed by atoms with E-state index in [1.54, 1.807) is 0 Å². The average molecular weight is 334 g/mol. The van der Waals surface area contributed by atoms with Crippen LogP contribution in [0.5, 0.6) is 0 Å². The van der Waals surface area contributed by atoms with Crippen molar-refractivity contribution in [3.05, 3.63) is 58.6 Å². The van der Waals surface area contributed by atoms with E-state index in [1.807, 2.05) is 11.8 Å². The molecule has 0 saturated carbocycles. The molecule has 1 atom stereocenters. The standard InChI is InChI=1S/C16H16BrNS/c17-14-6-2-4-8-16(14)19-13-10-9-12-5-1-3-7-15(12)18-11-13/h1-8,13,18H,9-11H2. The van der Waals surface area contributed by atoms with Crippen LogP contribution in [-0.2, 0) is 6.42 Å². The SMILES string of the molecule is Brc1ccccc1SC1CCc2ccccc2NC1. The van der Waals surface area contributed by atoms with Crippen molar-refractivity contribution in [3.63, 3.8) is 0 Å². The van der Waals surface area contributed by atoms with Crippen LogP contribution in [0, 0.1) is 0 Å². The molecule has 0 aliphatic carbocycles. The maximum absolute atomic E-state index is 3.63. The van der Waals surface area contributed by atoms with Gasteiger partial charge in [-0.25, -0.2) is 0 Å². The van der Waals surface area contributed by atoms with E-state index in [-0.39, 0.29) is 0 Å². The first-order chi connectivity index (χ1) is 9.33. The van der Waals surface area contributed by atoms with E-state index >= 15 is 0 Å². The Kier molecular flexibility index (Phi) is 4.14. The molecule has 2 aromatic carbocycles. The molecule has 0 spiro atoms. The van der Waals surface area contributed by atoms with E-state index < -0.39 is 0 Å². The fourth-order valence-corrected chi connectivity index (χ4v) is 4.04. The van der Waals surface area contributed by atoms with Crippen molar-refractivity contribution in [2.45, 2.75) is 23.0 Å². The van der Waals surface area contributed by atoms with Crippen molar-refractivity contribution in [2.75, 3.05) is 11.9 Å². The number of hydrogen-bond acceptors (Lipinski definition) is 2. The van der Waals surface area contributed by atoms with E-state index in [0.29, 0.717) is 5.25 Å². The fraction of sp³-hybridized carbons (Fsp3) is 0.250. The lowest BCUT2D eigenvalue weighted by Crippen LogP contribution is -2.14. The molecular formula is C16H16BrNS. The number of halogens is 1. The molecule has 98 valence electrons. The van der Waals surface area contributed by atoms with Gasteiger partial charge in [0.1, 0.15) is 0 Å². The van der Waals surface area contributed by atoms with Gasteiger partial charge in [0, 0.05) is 26.9 Å². The van der Waals surface area contributed by atoms with Gasteiger partial charge in [0.2, 0.25) is 0 Å². The molecule has 0 aromatic heterocycles. The minimum atomic E-state index is 0.617. The quantitative estimate of drug-likeness (QED) is 0.832. The van der Waals surface area contributed by atoms with E-state index in [0.717, 1.165) is 13.0 Å². The minimum absolute atomic E-state index is 0.617. The van der Waals surface area contributed by atoms with Gasteiger partial charge in [-0.15, -0.1) is 11.8 Å². The zero-order valence-electron chi connectivity index (χ0n) is 10.6. The van der Waals surface area contributed by atoms with Crippen LogP contribution in [0.25, 0.3) is 0 Å². The second-order valence-corrected chi connectivity index (χ2v) is 6.94. The summed E-state index contributed by atoms with van der Waals surface area (Å²) < 4.78 is 1.20. The molecule has 2 aromatic rings. The number of rotatable bonds is 2. The van der Waals surface area contributed by atoms with Crippen molar-refractivity contribution in [3.8, 4) is 0 Å². The smallest absolute Gasteiger partial charge is 0.0373 e. The first-order valence-corrected chi connectivity index (χ1v) is 8.23. The van der Waals surface area contributed by atoms with Crippen LogP contribution in [0.15, 0.2) is 57.9 Å². The van der Waals surface area contributed by atoms with Gasteiger partial charge in [-0.05, 0) is 52.5 Å². The monoisotopic (exact) mass is 333 g/mol. The number of nitrogens with one attached hydrogen (secondary N) is 1. The van der Waals surface area contributed by atoms with Crippen LogP contribution >= 0.6 is 27.7 Å². The van der Waals surface area contributed by atoms with Gasteiger partial charge in [-0.1, -0.05) is 30.3 Å². The van der Waals surface area contributed by atoms with Crippen LogP contribution in [0.2, 0.25) is 0 Å². The van der Waals surface area contributed by atoms with Crippen molar-refractivity contribution in [2.24, 2.45) is 0 Å². The summed E-state index contributed by atoms with van der Waals surface area (Å²) in [7, 11) is 0. The van der Waals surface area contributed by atoms with E-state index in [4.69, 9.17) is 0 Å². The largest absolute Gasteiger partial charge is 0.384 e. The molecule has 19 heavy (non-hydrogen) atoms. The van der Waals surface area contributed by atoms with Crippen molar-refractivity contribution in [1.29, 1.82) is 0 Å². The Balaban J connectivity index is 1.71. The van der Waals surface area contributed by atoms with Crippen LogP contribution in [0.1, 0.15) is 12.0 Å². The molecule has 1 heterocycles. The first-order valence-electron chi connectivity index (χ1n) is 6.56. The summed E-state index contributed by atoms with van der Waals surface area (Å²) in [4.78, 5) is 1.33. The third kappa shape index (κ3) is 3.15. The van der Waals surface area contributed by atoms with Gasteiger partial charge < -0.3 is 5.32 Å². The second-order valence-electron chi connectivity index (χ2n) is 4.75. The summed E-state index contributed by atoms with van der Waals surface area (Å²) in [5.74, 6) is 0. The zero-order valence-corrected chi connectivity index (χ0v) is 13.0. The lowest BCUT2D eigenvalue weighted by Gasteiger charge is -2.15. The van der Waals surface area contributed by atoms with Gasteiger partial charge in [-0.3, -0.25) is 0 Å². The Labute approximate surface area is 126 Å². The molecule has 1 N–H and O–H groups in total. The summed E-state index contributed by atoms with van der Waals surface area (Å²) in [6.07, 6.45) is 2.38. The predicted molar refractivity (Wildman–Crippen MR) is 87.0 cm³/mol. The molecule has 1 aliphatic heterocycles. The maximum Gasteiger partial charge on any atom is 0.0373 e. The lowest BCUT2D eigenvalue weighted by molar-refractivity contribution is 0.803. The highest BCUT2D eigenvalue weighted by atomic mass is 79.9. The Hall–Kier alpha value is -0.930. The summed E-state index contributed by atoms with van der Waals surface area (Å²) in [5, 5.41) is 4.20. The van der Waals surface area contributed by atoms with Crippen molar-refractivity contribution >= 4 is 33.4 Å². The first kappa shape index (κ1) is 13.1. The fourth-order valence-electron chi connectivity index (χ4n) is 2.37. The summed E-state index contributed by atoms with van der Waals surface area (Å²) in [6, 6.07) is 17.1. The topological polar surface area (TPSA) is 12.0 Å². The number of fused-ring (bicyclic) bond motifs is 1. The summed E-state index contributed by atoms with van der Waals surface area (Å²) in [5.41, 5.74) is 2.75. The Morgan fingerprint density at radius 3 is 2.74 bits per heavy atom. The molecule has 3 heteroatoms. The normalized spacial score (nSPS) is 18.3. The van der Waals surface area contributed by atoms with Gasteiger partial charge >= 0.3 is 0 Å². The molecule has 0 amide bonds. The van der Waals surface area contributed by atoms with Gasteiger partial charge in [0.15, 0.2) is 0 Å². The molecule has 1 nitrogen and oxygen atoms in total. The van der Waals surface area contributed by atoms with Crippen LogP contribution < -0.4 is 5.32 Å². The number of para-hydroxylation sites is 1. The molecule has 1 aliphatic rings. The van der Waals surface area contributed by atoms with Gasteiger partial charge in [-0.2, -0.15) is 0 Å². The van der Waals surface area contributed by atoms with Crippen LogP contribution in [-0.4, -0.2) is 11.8 Å². The number of thioether (sulfide) groups is 1. The minimum Gasteiger partial charge on any atom is -0.384 e. The second kappa shape index (κ2) is 6.02. The molecule has 1 unspecified atom stereocenters. The van der Waals surface area contributed by atoms with Gasteiger partial charge in [0.25, 0.3) is 0 Å². The predicted octanol–water partition coefficient (Wildman–Crippen LogP) is 4.97. The third-order valence-corrected chi connectivity index (χ3v) is 5.70. The van der Waals surface area contributed by atoms with Crippen molar-refractivity contribution < 1.29 is 0 Å². The van der Waals surface area contributed by atoms with Crippen molar-refractivity contribution in [1.82, 2.24) is 0 Å². The third-order valence-electron chi connectivity index (χ3n) is 3.40. The average Bonchev–Trinajstić information content (AvgIpc) is 2.64. The zero-order chi connectivity index (χ0) is 13.1. The molecule has 0 fully saturated rings. The van der Waals surface area contributed by atoms with E-state index in [1.165, 1.54) is 27.0 Å². The van der Waals surface area contributed by atoms with Gasteiger partial charge in [0.05, 0.1) is 0 Å². The number of aryl methyl sites for hydroxylation is 1. The van der Waals surface area contributed by atoms with E-state index in [2.05, 4.69) is 69.8 Å². The highest BCUT2D eigenvalue weighted by Crippen LogP contribution is 2.34. The molecule has 0 radical (unpaired) electrons. The molecule has 3 rings (SSSR count). The number of hydrogen-bond donors (Lipinski definition) is 1. The molecule has 0 saturated heterocycles. The summed E-state index contributed by atoms with van der Waals surface area (Å²) >= 11 is 5.60. The number of benzene rings is 2. The summed E-state index contributed by atoms with van der Waals surface area (Å²) in [6.45, 7) is 1.03. The Morgan fingerprint density at radius 1 is 1.05 bits per heavy atom. The Bertz CT molecular complexity index is 543. The maximum atomic E-state index is 3.63. The molecule has 0 bridgehead atoms. The Morgan fingerprint density at radius 2 is 1.84 bits per heavy atom. The highest BCUT2D eigenvalue weighted by Gasteiger charge is 2.17. The highest BCUT2D eigenvalue weighted by molar-refractivity contribution is 9.10.